The number of esters is 1. The van der Waals surface area contributed by atoms with Crippen LogP contribution < -0.4 is 5.32 Å². The Hall–Kier alpha value is -1.35. The third-order valence-corrected chi connectivity index (χ3v) is 4.57. The summed E-state index contributed by atoms with van der Waals surface area (Å²) in [6, 6.07) is 10.2. The maximum Gasteiger partial charge on any atom is 0.326 e. The summed E-state index contributed by atoms with van der Waals surface area (Å²) in [5.41, 5.74) is 0.561. The lowest BCUT2D eigenvalue weighted by atomic mass is 9.74. The molecule has 1 aromatic carbocycles. The normalized spacial score (nSPS) is 24.6. The lowest BCUT2D eigenvalue weighted by molar-refractivity contribution is -0.155. The van der Waals surface area contributed by atoms with E-state index in [2.05, 4.69) is 31.3 Å². The van der Waals surface area contributed by atoms with E-state index in [9.17, 15) is 4.79 Å². The molecule has 1 saturated carbocycles. The van der Waals surface area contributed by atoms with Crippen LogP contribution in [0.5, 0.6) is 0 Å². The van der Waals surface area contributed by atoms with Crippen LogP contribution in [0.4, 0.5) is 0 Å². The summed E-state index contributed by atoms with van der Waals surface area (Å²) in [5, 5.41) is 3.51. The molecule has 0 aliphatic heterocycles. The summed E-state index contributed by atoms with van der Waals surface area (Å²) in [6.45, 7) is 7.32. The largest absolute Gasteiger partial charge is 0.465 e. The summed E-state index contributed by atoms with van der Waals surface area (Å²) in [6.07, 6.45) is 2.97. The second kappa shape index (κ2) is 5.96. The number of carbonyl (C=O) groups is 1. The fraction of sp³-hybridized carbons (Fsp3) is 0.588. The molecule has 2 rings (SSSR count). The number of ether oxygens (including phenoxy) is 1. The van der Waals surface area contributed by atoms with E-state index in [1.54, 1.807) is 0 Å². The number of benzene rings is 1. The van der Waals surface area contributed by atoms with Gasteiger partial charge >= 0.3 is 5.97 Å². The fourth-order valence-corrected chi connectivity index (χ4v) is 3.23. The molecule has 3 nitrogen and oxygen atoms in total. The molecule has 0 heterocycles. The summed E-state index contributed by atoms with van der Waals surface area (Å²) < 4.78 is 5.35. The van der Waals surface area contributed by atoms with Gasteiger partial charge in [0.25, 0.3) is 0 Å². The molecule has 1 unspecified atom stereocenters. The zero-order valence-corrected chi connectivity index (χ0v) is 12.7. The first-order valence-electron chi connectivity index (χ1n) is 7.48. The van der Waals surface area contributed by atoms with Gasteiger partial charge in [0.15, 0.2) is 0 Å². The Kier molecular flexibility index (Phi) is 4.48. The van der Waals surface area contributed by atoms with E-state index < -0.39 is 5.54 Å². The van der Waals surface area contributed by atoms with Crippen molar-refractivity contribution in [2.75, 3.05) is 6.61 Å². The van der Waals surface area contributed by atoms with Crippen LogP contribution in [-0.4, -0.2) is 18.1 Å². The van der Waals surface area contributed by atoms with Crippen molar-refractivity contribution in [1.29, 1.82) is 0 Å². The zero-order valence-electron chi connectivity index (χ0n) is 12.7. The number of carbonyl (C=O) groups excluding carboxylic acids is 1. The lowest BCUT2D eigenvalue weighted by Gasteiger charge is -2.40. The minimum absolute atomic E-state index is 0.0754. The Morgan fingerprint density at radius 2 is 1.95 bits per heavy atom. The molecule has 1 aliphatic carbocycles. The van der Waals surface area contributed by atoms with Crippen LogP contribution in [0, 0.1) is 5.41 Å². The molecule has 1 aromatic rings. The number of hydrogen-bond acceptors (Lipinski definition) is 3. The van der Waals surface area contributed by atoms with Crippen LogP contribution in [0.3, 0.4) is 0 Å². The van der Waals surface area contributed by atoms with Crippen LogP contribution in [-0.2, 0) is 16.1 Å². The van der Waals surface area contributed by atoms with Gasteiger partial charge in [0.2, 0.25) is 0 Å². The molecular weight excluding hydrogens is 250 g/mol. The van der Waals surface area contributed by atoms with Gasteiger partial charge in [-0.3, -0.25) is 10.1 Å². The summed E-state index contributed by atoms with van der Waals surface area (Å²) >= 11 is 0. The minimum Gasteiger partial charge on any atom is -0.465 e. The Balaban J connectivity index is 2.18. The Labute approximate surface area is 121 Å². The van der Waals surface area contributed by atoms with Gasteiger partial charge in [0.1, 0.15) is 5.54 Å². The maximum absolute atomic E-state index is 12.5. The average Bonchev–Trinajstić information content (AvgIpc) is 2.74. The molecule has 20 heavy (non-hydrogen) atoms. The van der Waals surface area contributed by atoms with Crippen molar-refractivity contribution in [3.8, 4) is 0 Å². The molecule has 1 aliphatic rings. The van der Waals surface area contributed by atoms with E-state index in [-0.39, 0.29) is 11.4 Å². The molecule has 0 bridgehead atoms. The third kappa shape index (κ3) is 2.73. The van der Waals surface area contributed by atoms with Gasteiger partial charge in [-0.1, -0.05) is 50.6 Å². The fourth-order valence-electron chi connectivity index (χ4n) is 3.23. The van der Waals surface area contributed by atoms with E-state index >= 15 is 0 Å². The van der Waals surface area contributed by atoms with Gasteiger partial charge < -0.3 is 4.74 Å². The van der Waals surface area contributed by atoms with Gasteiger partial charge in [0.05, 0.1) is 6.61 Å². The molecule has 0 spiro atoms. The molecular formula is C17H25NO2. The second-order valence-corrected chi connectivity index (χ2v) is 6.20. The topological polar surface area (TPSA) is 38.3 Å². The minimum atomic E-state index is -0.557. The first-order chi connectivity index (χ1) is 9.52. The Morgan fingerprint density at radius 1 is 1.25 bits per heavy atom. The predicted octanol–water partition coefficient (Wildman–Crippen LogP) is 3.29. The van der Waals surface area contributed by atoms with Crippen LogP contribution in [0.1, 0.15) is 45.6 Å². The number of hydrogen-bond donors (Lipinski definition) is 1. The summed E-state index contributed by atoms with van der Waals surface area (Å²) in [4.78, 5) is 12.5. The second-order valence-electron chi connectivity index (χ2n) is 6.20. The van der Waals surface area contributed by atoms with E-state index in [1.807, 2.05) is 25.1 Å². The molecule has 0 amide bonds. The highest BCUT2D eigenvalue weighted by Crippen LogP contribution is 2.46. The molecule has 1 fully saturated rings. The van der Waals surface area contributed by atoms with Crippen molar-refractivity contribution in [3.63, 3.8) is 0 Å². The van der Waals surface area contributed by atoms with Crippen molar-refractivity contribution in [1.82, 2.24) is 5.32 Å². The van der Waals surface area contributed by atoms with Crippen molar-refractivity contribution in [2.24, 2.45) is 5.41 Å². The molecule has 0 saturated heterocycles. The van der Waals surface area contributed by atoms with Gasteiger partial charge in [-0.05, 0) is 30.7 Å². The van der Waals surface area contributed by atoms with E-state index in [0.717, 1.165) is 19.3 Å². The van der Waals surface area contributed by atoms with Crippen LogP contribution in [0.15, 0.2) is 30.3 Å². The van der Waals surface area contributed by atoms with Crippen LogP contribution in [0.2, 0.25) is 0 Å². The van der Waals surface area contributed by atoms with Gasteiger partial charge in [0, 0.05) is 6.54 Å². The Morgan fingerprint density at radius 3 is 2.50 bits per heavy atom. The van der Waals surface area contributed by atoms with E-state index in [1.165, 1.54) is 5.56 Å². The lowest BCUT2D eigenvalue weighted by Crippen LogP contribution is -2.59. The quantitative estimate of drug-likeness (QED) is 0.838. The zero-order chi connectivity index (χ0) is 14.6. The standard InChI is InChI=1S/C17H25NO2/c1-4-20-15(19)17(12-8-11-16(17,2)3)18-13-14-9-6-5-7-10-14/h5-7,9-10,18H,4,8,11-13H2,1-3H3. The molecule has 3 heteroatoms. The van der Waals surface area contributed by atoms with Crippen molar-refractivity contribution >= 4 is 5.97 Å². The SMILES string of the molecule is CCOC(=O)C1(NCc2ccccc2)CCCC1(C)C. The number of nitrogens with one attached hydrogen (secondary N) is 1. The monoisotopic (exact) mass is 275 g/mol. The smallest absolute Gasteiger partial charge is 0.326 e. The first-order valence-corrected chi connectivity index (χ1v) is 7.48. The van der Waals surface area contributed by atoms with Crippen molar-refractivity contribution in [3.05, 3.63) is 35.9 Å². The Bertz CT molecular complexity index is 455. The average molecular weight is 275 g/mol. The van der Waals surface area contributed by atoms with Crippen LogP contribution in [0.25, 0.3) is 0 Å². The summed E-state index contributed by atoms with van der Waals surface area (Å²) in [5.74, 6) is -0.0987. The van der Waals surface area contributed by atoms with E-state index in [4.69, 9.17) is 4.74 Å². The van der Waals surface area contributed by atoms with Gasteiger partial charge in [-0.15, -0.1) is 0 Å². The number of rotatable bonds is 5. The predicted molar refractivity (Wildman–Crippen MR) is 80.3 cm³/mol. The molecule has 110 valence electrons. The first kappa shape index (κ1) is 15.0. The van der Waals surface area contributed by atoms with Gasteiger partial charge in [-0.25, -0.2) is 0 Å². The van der Waals surface area contributed by atoms with Crippen LogP contribution >= 0.6 is 0 Å². The third-order valence-electron chi connectivity index (χ3n) is 4.57. The highest BCUT2D eigenvalue weighted by atomic mass is 16.5. The highest BCUT2D eigenvalue weighted by molar-refractivity contribution is 5.82. The van der Waals surface area contributed by atoms with Crippen molar-refractivity contribution < 1.29 is 9.53 Å². The summed E-state index contributed by atoms with van der Waals surface area (Å²) in [7, 11) is 0. The highest BCUT2D eigenvalue weighted by Gasteiger charge is 2.54. The molecule has 0 radical (unpaired) electrons. The molecule has 1 N–H and O–H groups in total. The molecule has 1 atom stereocenters. The van der Waals surface area contributed by atoms with E-state index in [0.29, 0.717) is 13.2 Å². The maximum atomic E-state index is 12.5. The van der Waals surface area contributed by atoms with Crippen molar-refractivity contribution in [2.45, 2.75) is 52.1 Å². The molecule has 0 aromatic heterocycles. The van der Waals surface area contributed by atoms with Gasteiger partial charge in [-0.2, -0.15) is 0 Å².